The van der Waals surface area contributed by atoms with Crippen molar-refractivity contribution in [3.05, 3.63) is 23.0 Å². The number of nitrogens with two attached hydrogens (primary N) is 1. The number of nitrogens with zero attached hydrogens (tertiary/aromatic N) is 1. The summed E-state index contributed by atoms with van der Waals surface area (Å²) in [5, 5.41) is 9.11. The first kappa shape index (κ1) is 15.5. The van der Waals surface area contributed by atoms with Crippen molar-refractivity contribution in [2.45, 2.75) is 30.2 Å². The number of hydrogen-bond donors (Lipinski definition) is 2. The number of benzene rings is 1. The van der Waals surface area contributed by atoms with Crippen molar-refractivity contribution < 1.29 is 17.9 Å². The number of nitrogen functional groups attached to an aromatic ring is 1. The number of halogens is 2. The highest BCUT2D eigenvalue weighted by molar-refractivity contribution is 7.89. The lowest BCUT2D eigenvalue weighted by molar-refractivity contribution is 0.155. The molecule has 1 aliphatic rings. The fourth-order valence-corrected chi connectivity index (χ4v) is 4.55. The van der Waals surface area contributed by atoms with Crippen molar-refractivity contribution in [1.29, 1.82) is 0 Å². The predicted octanol–water partition coefficient (Wildman–Crippen LogP) is 1.60. The molecule has 112 valence electrons. The molecule has 0 amide bonds. The molecular formula is C12H16ClFN2O3S. The van der Waals surface area contributed by atoms with E-state index in [9.17, 15) is 17.9 Å². The van der Waals surface area contributed by atoms with Gasteiger partial charge >= 0.3 is 0 Å². The van der Waals surface area contributed by atoms with E-state index in [1.165, 1.54) is 4.31 Å². The molecule has 5 nitrogen and oxygen atoms in total. The summed E-state index contributed by atoms with van der Waals surface area (Å²) in [6, 6.07) is 1.44. The Morgan fingerprint density at radius 3 is 2.80 bits per heavy atom. The number of hydrogen-bond acceptors (Lipinski definition) is 4. The number of sulfonamides is 1. The first-order valence-electron chi connectivity index (χ1n) is 6.25. The molecule has 1 aromatic carbocycles. The molecule has 3 N–H and O–H groups in total. The van der Waals surface area contributed by atoms with Crippen LogP contribution in [-0.4, -0.2) is 37.0 Å². The SMILES string of the molecule is Nc1cc(S(=O)(=O)N2CCCCC2CO)c(Cl)cc1F. The lowest BCUT2D eigenvalue weighted by Gasteiger charge is -2.33. The van der Waals surface area contributed by atoms with Gasteiger partial charge in [-0.25, -0.2) is 12.8 Å². The molecule has 8 heteroatoms. The largest absolute Gasteiger partial charge is 0.396 e. The second kappa shape index (κ2) is 5.85. The minimum absolute atomic E-state index is 0.209. The van der Waals surface area contributed by atoms with E-state index in [0.717, 1.165) is 18.6 Å². The zero-order valence-corrected chi connectivity index (χ0v) is 12.3. The molecule has 0 radical (unpaired) electrons. The monoisotopic (exact) mass is 322 g/mol. The van der Waals surface area contributed by atoms with Gasteiger partial charge in [-0.2, -0.15) is 4.31 Å². The second-order valence-electron chi connectivity index (χ2n) is 4.75. The van der Waals surface area contributed by atoms with Gasteiger partial charge in [-0.1, -0.05) is 18.0 Å². The number of aliphatic hydroxyl groups is 1. The van der Waals surface area contributed by atoms with Gasteiger partial charge in [0.1, 0.15) is 10.7 Å². The van der Waals surface area contributed by atoms with Gasteiger partial charge in [0.2, 0.25) is 10.0 Å². The molecule has 1 atom stereocenters. The molecule has 0 aliphatic carbocycles. The van der Waals surface area contributed by atoms with Gasteiger partial charge in [0.05, 0.1) is 17.3 Å². The van der Waals surface area contributed by atoms with Crippen LogP contribution < -0.4 is 5.73 Å². The van der Waals surface area contributed by atoms with E-state index in [4.69, 9.17) is 17.3 Å². The lowest BCUT2D eigenvalue weighted by atomic mass is 10.1. The van der Waals surface area contributed by atoms with Gasteiger partial charge in [0.25, 0.3) is 0 Å². The average Bonchev–Trinajstić information content (AvgIpc) is 2.42. The standard InChI is InChI=1S/C12H16ClFN2O3S/c13-9-5-10(14)11(15)6-12(9)20(18,19)16-4-2-1-3-8(16)7-17/h5-6,8,17H,1-4,7,15H2. The second-order valence-corrected chi connectivity index (χ2v) is 7.02. The molecule has 0 bridgehead atoms. The maximum Gasteiger partial charge on any atom is 0.244 e. The molecule has 20 heavy (non-hydrogen) atoms. The highest BCUT2D eigenvalue weighted by atomic mass is 35.5. The summed E-state index contributed by atoms with van der Waals surface area (Å²) in [6.45, 7) is 0.0503. The summed E-state index contributed by atoms with van der Waals surface area (Å²) in [5.74, 6) is -0.758. The smallest absolute Gasteiger partial charge is 0.244 e. The van der Waals surface area contributed by atoms with Crippen LogP contribution in [0, 0.1) is 5.82 Å². The Hall–Kier alpha value is -0.890. The van der Waals surface area contributed by atoms with Crippen LogP contribution in [0.5, 0.6) is 0 Å². The number of aliphatic hydroxyl groups excluding tert-OH is 1. The third kappa shape index (κ3) is 2.76. The van der Waals surface area contributed by atoms with Gasteiger partial charge in [-0.05, 0) is 25.0 Å². The normalized spacial score (nSPS) is 21.1. The van der Waals surface area contributed by atoms with E-state index in [0.29, 0.717) is 19.4 Å². The van der Waals surface area contributed by atoms with E-state index in [1.807, 2.05) is 0 Å². The summed E-state index contributed by atoms with van der Waals surface area (Å²) in [7, 11) is -3.90. The Labute approximate surface area is 122 Å². The predicted molar refractivity (Wildman–Crippen MR) is 74.4 cm³/mol. The Balaban J connectivity index is 2.46. The molecule has 2 rings (SSSR count). The van der Waals surface area contributed by atoms with Crippen LogP contribution in [0.15, 0.2) is 17.0 Å². The minimum atomic E-state index is -3.90. The fourth-order valence-electron chi connectivity index (χ4n) is 2.34. The maximum atomic E-state index is 13.3. The van der Waals surface area contributed by atoms with E-state index >= 15 is 0 Å². The van der Waals surface area contributed by atoms with Crippen LogP contribution in [-0.2, 0) is 10.0 Å². The van der Waals surface area contributed by atoms with Crippen molar-refractivity contribution in [3.8, 4) is 0 Å². The molecule has 0 aromatic heterocycles. The van der Waals surface area contributed by atoms with Gasteiger partial charge in [-0.3, -0.25) is 0 Å². The number of anilines is 1. The Bertz CT molecular complexity index is 609. The average molecular weight is 323 g/mol. The molecule has 0 saturated carbocycles. The van der Waals surface area contributed by atoms with E-state index in [1.54, 1.807) is 0 Å². The maximum absolute atomic E-state index is 13.3. The summed E-state index contributed by atoms with van der Waals surface area (Å²) in [5.41, 5.74) is 5.14. The third-order valence-electron chi connectivity index (χ3n) is 3.42. The molecule has 1 heterocycles. The molecule has 1 unspecified atom stereocenters. The first-order valence-corrected chi connectivity index (χ1v) is 8.07. The van der Waals surface area contributed by atoms with Crippen molar-refractivity contribution in [1.82, 2.24) is 4.31 Å². The first-order chi connectivity index (χ1) is 9.37. The van der Waals surface area contributed by atoms with Crippen LogP contribution in [0.25, 0.3) is 0 Å². The molecule has 1 aliphatic heterocycles. The summed E-state index contributed by atoms with van der Waals surface area (Å²) < 4.78 is 39.7. The highest BCUT2D eigenvalue weighted by Crippen LogP contribution is 2.31. The zero-order valence-electron chi connectivity index (χ0n) is 10.7. The summed E-state index contributed by atoms with van der Waals surface area (Å²) in [6.07, 6.45) is 2.16. The Morgan fingerprint density at radius 1 is 1.45 bits per heavy atom. The Morgan fingerprint density at radius 2 is 2.15 bits per heavy atom. The highest BCUT2D eigenvalue weighted by Gasteiger charge is 2.34. The third-order valence-corrected chi connectivity index (χ3v) is 5.84. The number of piperidine rings is 1. The van der Waals surface area contributed by atoms with Crippen LogP contribution in [0.1, 0.15) is 19.3 Å². The topological polar surface area (TPSA) is 83.6 Å². The summed E-state index contributed by atoms with van der Waals surface area (Å²) >= 11 is 5.83. The Kier molecular flexibility index (Phi) is 4.53. The quantitative estimate of drug-likeness (QED) is 0.828. The zero-order chi connectivity index (χ0) is 14.9. The van der Waals surface area contributed by atoms with Gasteiger partial charge in [-0.15, -0.1) is 0 Å². The molecule has 1 saturated heterocycles. The van der Waals surface area contributed by atoms with Crippen molar-refractivity contribution in [3.63, 3.8) is 0 Å². The molecular weight excluding hydrogens is 307 g/mol. The molecule has 0 spiro atoms. The van der Waals surface area contributed by atoms with Crippen molar-refractivity contribution >= 4 is 27.3 Å². The van der Waals surface area contributed by atoms with Gasteiger partial charge in [0, 0.05) is 12.6 Å². The molecule has 1 fully saturated rings. The lowest BCUT2D eigenvalue weighted by Crippen LogP contribution is -2.45. The van der Waals surface area contributed by atoms with Crippen molar-refractivity contribution in [2.24, 2.45) is 0 Å². The van der Waals surface area contributed by atoms with E-state index in [2.05, 4.69) is 0 Å². The number of rotatable bonds is 3. The van der Waals surface area contributed by atoms with Crippen LogP contribution in [0.2, 0.25) is 5.02 Å². The van der Waals surface area contributed by atoms with Crippen molar-refractivity contribution in [2.75, 3.05) is 18.9 Å². The van der Waals surface area contributed by atoms with Crippen LogP contribution >= 0.6 is 11.6 Å². The van der Waals surface area contributed by atoms with Gasteiger partial charge in [0.15, 0.2) is 0 Å². The van der Waals surface area contributed by atoms with E-state index < -0.39 is 21.9 Å². The van der Waals surface area contributed by atoms with Crippen LogP contribution in [0.3, 0.4) is 0 Å². The van der Waals surface area contributed by atoms with Gasteiger partial charge < -0.3 is 10.8 Å². The summed E-state index contributed by atoms with van der Waals surface area (Å²) in [4.78, 5) is -0.224. The molecule has 1 aromatic rings. The minimum Gasteiger partial charge on any atom is -0.396 e. The van der Waals surface area contributed by atoms with E-state index in [-0.39, 0.29) is 22.2 Å². The fraction of sp³-hybridized carbons (Fsp3) is 0.500. The van der Waals surface area contributed by atoms with Crippen LogP contribution in [0.4, 0.5) is 10.1 Å².